The fourth-order valence-corrected chi connectivity index (χ4v) is 10.4. The standard InChI is InChI=1S/C73H123NO13/c1-3-5-7-9-11-13-15-17-19-20-21-22-23-24-25-26-27-28-29-30-31-32-33-34-35-36-37-38-39-40-41-42-43-45-47-49-51-53-55-57-65(78)74-61(62(77)56-54-52-50-48-46-44-18-16-14-12-10-8-6-4-2)60-84-72-70(83)68(81)71(64(59-76)86-72)87-73-69(82)67(80)66(79)63(58-75)85-73/h5,7,11,13-14,16-17,19,21-22,24-25,27-28,30-31,46,48,54,56,61-64,66-73,75-77,79-83H,3-4,6,8-10,12,15,18,20,23,26,29,32-45,47,49-53,55,57-60H2,1-2H3,(H,74,78)/b7-5-,13-11-,16-14+,19-17-,22-21-,25-24-,28-27-,31-30-,48-46+,56-54+. The molecular weight excluding hydrogens is 1100 g/mol. The fraction of sp³-hybridized carbons (Fsp3) is 0.712. The summed E-state index contributed by atoms with van der Waals surface area (Å²) in [6.07, 6.45) is 65.5. The molecule has 12 unspecified atom stereocenters. The first kappa shape index (κ1) is 79.5. The topological polar surface area (TPSA) is 228 Å². The first-order valence-corrected chi connectivity index (χ1v) is 34.3. The number of carbonyl (C=O) groups excluding carboxylic acids is 1. The summed E-state index contributed by atoms with van der Waals surface area (Å²) in [6, 6.07) is -0.943. The molecule has 0 radical (unpaired) electrons. The summed E-state index contributed by atoms with van der Waals surface area (Å²) in [5.41, 5.74) is 0. The Labute approximate surface area is 527 Å². The number of unbranched alkanes of at least 4 members (excludes halogenated alkanes) is 23. The highest BCUT2D eigenvalue weighted by Gasteiger charge is 2.51. The van der Waals surface area contributed by atoms with Crippen LogP contribution in [0.4, 0.5) is 0 Å². The molecule has 2 aliphatic heterocycles. The molecule has 2 saturated heterocycles. The molecule has 0 aromatic rings. The van der Waals surface area contributed by atoms with Gasteiger partial charge in [-0.2, -0.15) is 0 Å². The van der Waals surface area contributed by atoms with E-state index in [1.54, 1.807) is 6.08 Å². The molecule has 2 aliphatic rings. The summed E-state index contributed by atoms with van der Waals surface area (Å²) in [6.45, 7) is 2.63. The molecule has 0 aromatic heterocycles. The minimum atomic E-state index is -1.80. The molecule has 0 aromatic carbocycles. The van der Waals surface area contributed by atoms with Gasteiger partial charge in [0.25, 0.3) is 0 Å². The maximum atomic E-state index is 13.3. The molecule has 0 aliphatic carbocycles. The lowest BCUT2D eigenvalue weighted by atomic mass is 9.97. The van der Waals surface area contributed by atoms with Crippen molar-refractivity contribution in [3.8, 4) is 0 Å². The number of allylic oxidation sites excluding steroid dienone is 19. The maximum absolute atomic E-state index is 13.3. The van der Waals surface area contributed by atoms with Crippen molar-refractivity contribution in [2.45, 2.75) is 312 Å². The van der Waals surface area contributed by atoms with Crippen LogP contribution < -0.4 is 5.32 Å². The molecule has 2 fully saturated rings. The first-order chi connectivity index (χ1) is 42.6. The Morgan fingerprint density at radius 3 is 1.26 bits per heavy atom. The number of carbonyl (C=O) groups is 1. The Balaban J connectivity index is 1.60. The quantitative estimate of drug-likeness (QED) is 0.0204. The van der Waals surface area contributed by atoms with Gasteiger partial charge < -0.3 is 65.1 Å². The lowest BCUT2D eigenvalue weighted by Gasteiger charge is -2.46. The highest BCUT2D eigenvalue weighted by molar-refractivity contribution is 5.76. The number of aliphatic hydroxyl groups excluding tert-OH is 8. The third-order valence-corrected chi connectivity index (χ3v) is 15.9. The number of ether oxygens (including phenoxy) is 4. The van der Waals surface area contributed by atoms with Gasteiger partial charge in [-0.1, -0.05) is 251 Å². The van der Waals surface area contributed by atoms with Crippen LogP contribution in [0.5, 0.6) is 0 Å². The van der Waals surface area contributed by atoms with Gasteiger partial charge in [0.1, 0.15) is 48.8 Å². The summed E-state index contributed by atoms with van der Waals surface area (Å²) in [4.78, 5) is 13.3. The Morgan fingerprint density at radius 2 is 0.805 bits per heavy atom. The van der Waals surface area contributed by atoms with Gasteiger partial charge in [0.05, 0.1) is 32.0 Å². The predicted octanol–water partition coefficient (Wildman–Crippen LogP) is 13.7. The van der Waals surface area contributed by atoms with Crippen LogP contribution in [0.25, 0.3) is 0 Å². The second kappa shape index (κ2) is 56.4. The van der Waals surface area contributed by atoms with Crippen LogP contribution in [0.3, 0.4) is 0 Å². The average Bonchev–Trinajstić information content (AvgIpc) is 2.05. The van der Waals surface area contributed by atoms with E-state index >= 15 is 0 Å². The summed E-state index contributed by atoms with van der Waals surface area (Å²) in [5.74, 6) is -0.257. The molecule has 0 saturated carbocycles. The molecular formula is C73H123NO13. The average molecular weight is 1220 g/mol. The van der Waals surface area contributed by atoms with Gasteiger partial charge in [0.2, 0.25) is 5.91 Å². The molecule has 2 rings (SSSR count). The summed E-state index contributed by atoms with van der Waals surface area (Å²) >= 11 is 0. The van der Waals surface area contributed by atoms with Gasteiger partial charge in [0.15, 0.2) is 12.6 Å². The Hall–Kier alpha value is -3.61. The van der Waals surface area contributed by atoms with Crippen molar-refractivity contribution in [3.63, 3.8) is 0 Å². The van der Waals surface area contributed by atoms with Crippen molar-refractivity contribution in [1.82, 2.24) is 5.32 Å². The van der Waals surface area contributed by atoms with Gasteiger partial charge >= 0.3 is 0 Å². The second-order valence-corrected chi connectivity index (χ2v) is 23.5. The van der Waals surface area contributed by atoms with E-state index in [4.69, 9.17) is 18.9 Å². The number of nitrogens with one attached hydrogen (secondary N) is 1. The first-order valence-electron chi connectivity index (χ1n) is 34.3. The normalized spacial score (nSPS) is 24.1. The van der Waals surface area contributed by atoms with Crippen LogP contribution in [-0.2, 0) is 23.7 Å². The summed E-state index contributed by atoms with van der Waals surface area (Å²) < 4.78 is 22.8. The third kappa shape index (κ3) is 40.7. The van der Waals surface area contributed by atoms with Crippen molar-refractivity contribution in [1.29, 1.82) is 0 Å². The van der Waals surface area contributed by atoms with E-state index in [1.165, 1.54) is 116 Å². The number of aliphatic hydroxyl groups is 8. The van der Waals surface area contributed by atoms with Crippen LogP contribution in [0.15, 0.2) is 122 Å². The number of hydrogen-bond acceptors (Lipinski definition) is 13. The van der Waals surface area contributed by atoms with Gasteiger partial charge in [-0.05, 0) is 103 Å². The Bertz CT molecular complexity index is 1920. The molecule has 498 valence electrons. The molecule has 2 heterocycles. The van der Waals surface area contributed by atoms with E-state index in [0.29, 0.717) is 12.8 Å². The molecule has 14 heteroatoms. The highest BCUT2D eigenvalue weighted by atomic mass is 16.7. The van der Waals surface area contributed by atoms with E-state index in [-0.39, 0.29) is 18.9 Å². The number of amides is 1. The van der Waals surface area contributed by atoms with E-state index in [1.807, 2.05) is 6.08 Å². The van der Waals surface area contributed by atoms with Gasteiger partial charge in [-0.25, -0.2) is 0 Å². The molecule has 9 N–H and O–H groups in total. The molecule has 0 spiro atoms. The molecule has 14 nitrogen and oxygen atoms in total. The zero-order chi connectivity index (χ0) is 63.1. The van der Waals surface area contributed by atoms with Crippen molar-refractivity contribution in [2.75, 3.05) is 19.8 Å². The minimum absolute atomic E-state index is 0.257. The van der Waals surface area contributed by atoms with Crippen LogP contribution >= 0.6 is 0 Å². The van der Waals surface area contributed by atoms with Gasteiger partial charge in [-0.15, -0.1) is 0 Å². The van der Waals surface area contributed by atoms with E-state index < -0.39 is 86.8 Å². The van der Waals surface area contributed by atoms with Gasteiger partial charge in [-0.3, -0.25) is 4.79 Å². The van der Waals surface area contributed by atoms with E-state index in [0.717, 1.165) is 89.9 Å². The number of rotatable bonds is 54. The fourth-order valence-electron chi connectivity index (χ4n) is 10.4. The van der Waals surface area contributed by atoms with E-state index in [2.05, 4.69) is 129 Å². The van der Waals surface area contributed by atoms with Crippen LogP contribution in [0, 0.1) is 0 Å². The van der Waals surface area contributed by atoms with Crippen LogP contribution in [0.2, 0.25) is 0 Å². The monoisotopic (exact) mass is 1220 g/mol. The SMILES string of the molecule is CC/C=C\C/C=C\C/C=C\C/C=C\C/C=C\C/C=C\C/C=C\CCCCCCCCCCCCCCCCCCCC(=O)NC(COC1OC(CO)C(OC2OC(CO)C(O)C(O)C2O)C(O)C1O)C(O)/C=C/CC/C=C/CC/C=C/CCCCCC. The van der Waals surface area contributed by atoms with Crippen molar-refractivity contribution < 1.29 is 64.6 Å². The predicted molar refractivity (Wildman–Crippen MR) is 355 cm³/mol. The minimum Gasteiger partial charge on any atom is -0.394 e. The smallest absolute Gasteiger partial charge is 0.220 e. The van der Waals surface area contributed by atoms with Crippen molar-refractivity contribution in [3.05, 3.63) is 122 Å². The third-order valence-electron chi connectivity index (χ3n) is 15.9. The zero-order valence-electron chi connectivity index (χ0n) is 54.0. The van der Waals surface area contributed by atoms with Crippen LogP contribution in [-0.4, -0.2) is 140 Å². The summed E-state index contributed by atoms with van der Waals surface area (Å²) in [5, 5.41) is 87.2. The lowest BCUT2D eigenvalue weighted by Crippen LogP contribution is -2.65. The molecule has 12 atom stereocenters. The van der Waals surface area contributed by atoms with Crippen molar-refractivity contribution >= 4 is 5.91 Å². The lowest BCUT2D eigenvalue weighted by molar-refractivity contribution is -0.359. The van der Waals surface area contributed by atoms with Crippen molar-refractivity contribution in [2.24, 2.45) is 0 Å². The van der Waals surface area contributed by atoms with Gasteiger partial charge in [0, 0.05) is 6.42 Å². The second-order valence-electron chi connectivity index (χ2n) is 23.5. The molecule has 0 bridgehead atoms. The zero-order valence-corrected chi connectivity index (χ0v) is 54.0. The molecule has 87 heavy (non-hydrogen) atoms. The number of hydrogen-bond donors (Lipinski definition) is 9. The summed E-state index contributed by atoms with van der Waals surface area (Å²) in [7, 11) is 0. The maximum Gasteiger partial charge on any atom is 0.220 e. The highest BCUT2D eigenvalue weighted by Crippen LogP contribution is 2.30. The van der Waals surface area contributed by atoms with Crippen LogP contribution in [0.1, 0.15) is 239 Å². The molecule has 1 amide bonds. The Kier molecular flexibility index (Phi) is 51.5. The van der Waals surface area contributed by atoms with E-state index in [9.17, 15) is 45.6 Å². The largest absolute Gasteiger partial charge is 0.394 e. The Morgan fingerprint density at radius 1 is 0.425 bits per heavy atom.